The van der Waals surface area contributed by atoms with Crippen LogP contribution >= 0.6 is 17.0 Å². The third kappa shape index (κ3) is 3.25. The van der Waals surface area contributed by atoms with Gasteiger partial charge >= 0.3 is 0 Å². The van der Waals surface area contributed by atoms with E-state index in [1.54, 1.807) is 12.3 Å². The summed E-state index contributed by atoms with van der Waals surface area (Å²) in [5.74, 6) is 0.519. The Morgan fingerprint density at radius 1 is 1.00 bits per heavy atom. The molecule has 0 aliphatic carbocycles. The van der Waals surface area contributed by atoms with Gasteiger partial charge in [-0.05, 0) is 18.2 Å². The maximum absolute atomic E-state index is 5.56. The molecular weight excluding hydrogens is 254 g/mol. The summed E-state index contributed by atoms with van der Waals surface area (Å²) in [5.41, 5.74) is 7.55. The maximum atomic E-state index is 5.56. The van der Waals surface area contributed by atoms with Gasteiger partial charge in [0.2, 0.25) is 0 Å². The molecule has 0 radical (unpaired) electrons. The fraction of sp³-hybridized carbons (Fsp3) is 0. The molecule has 4 heteroatoms. The molecule has 15 heavy (non-hydrogen) atoms. The number of halogens is 1. The number of nitrogen functional groups attached to an aromatic ring is 1. The van der Waals surface area contributed by atoms with Crippen molar-refractivity contribution in [3.63, 3.8) is 0 Å². The summed E-state index contributed by atoms with van der Waals surface area (Å²) in [7, 11) is 0. The Bertz CT molecular complexity index is 417. The van der Waals surface area contributed by atoms with Crippen molar-refractivity contribution < 1.29 is 0 Å². The minimum Gasteiger partial charge on any atom is -0.384 e. The van der Waals surface area contributed by atoms with Gasteiger partial charge in [-0.2, -0.15) is 0 Å². The van der Waals surface area contributed by atoms with Gasteiger partial charge in [-0.1, -0.05) is 18.2 Å². The summed E-state index contributed by atoms with van der Waals surface area (Å²) < 4.78 is 0. The standard InChI is InChI=1S/C11H11N3.BrH/c12-11-8-10(6-7-13-11)14-9-4-2-1-3-5-9;/h1-8H,(H3,12,13,14);1H. The molecule has 0 saturated heterocycles. The number of benzene rings is 1. The Kier molecular flexibility index (Phi) is 4.12. The minimum atomic E-state index is 0. The first-order valence-electron chi connectivity index (χ1n) is 4.38. The average Bonchev–Trinajstić information content (AvgIpc) is 2.19. The van der Waals surface area contributed by atoms with Crippen molar-refractivity contribution in [3.8, 4) is 0 Å². The first kappa shape index (κ1) is 11.5. The van der Waals surface area contributed by atoms with Crippen molar-refractivity contribution in [1.29, 1.82) is 0 Å². The van der Waals surface area contributed by atoms with Gasteiger partial charge in [0.15, 0.2) is 0 Å². The second kappa shape index (κ2) is 5.36. The summed E-state index contributed by atoms with van der Waals surface area (Å²) in [5, 5.41) is 3.22. The topological polar surface area (TPSA) is 50.9 Å². The van der Waals surface area contributed by atoms with Crippen molar-refractivity contribution in [3.05, 3.63) is 48.7 Å². The Labute approximate surface area is 99.1 Å². The number of rotatable bonds is 2. The molecule has 1 aromatic carbocycles. The van der Waals surface area contributed by atoms with E-state index in [1.165, 1.54) is 0 Å². The number of hydrogen-bond donors (Lipinski definition) is 2. The van der Waals surface area contributed by atoms with Gasteiger partial charge in [-0.15, -0.1) is 17.0 Å². The zero-order valence-corrected chi connectivity index (χ0v) is 9.76. The molecule has 0 atom stereocenters. The first-order valence-corrected chi connectivity index (χ1v) is 4.38. The molecule has 1 aromatic heterocycles. The van der Waals surface area contributed by atoms with E-state index in [0.717, 1.165) is 11.4 Å². The van der Waals surface area contributed by atoms with Crippen LogP contribution in [0.25, 0.3) is 0 Å². The van der Waals surface area contributed by atoms with Gasteiger partial charge in [0, 0.05) is 23.6 Å². The molecule has 78 valence electrons. The number of anilines is 3. The lowest BCUT2D eigenvalue weighted by molar-refractivity contribution is 1.33. The molecule has 0 fully saturated rings. The van der Waals surface area contributed by atoms with Crippen molar-refractivity contribution in [2.45, 2.75) is 0 Å². The van der Waals surface area contributed by atoms with E-state index >= 15 is 0 Å². The van der Waals surface area contributed by atoms with E-state index in [9.17, 15) is 0 Å². The van der Waals surface area contributed by atoms with E-state index in [4.69, 9.17) is 5.73 Å². The normalized spacial score (nSPS) is 9.07. The second-order valence-corrected chi connectivity index (χ2v) is 2.96. The van der Waals surface area contributed by atoms with Crippen molar-refractivity contribution in [2.75, 3.05) is 11.1 Å². The van der Waals surface area contributed by atoms with Crippen molar-refractivity contribution in [1.82, 2.24) is 4.98 Å². The summed E-state index contributed by atoms with van der Waals surface area (Å²) >= 11 is 0. The fourth-order valence-corrected chi connectivity index (χ4v) is 1.21. The first-order chi connectivity index (χ1) is 6.84. The zero-order chi connectivity index (χ0) is 9.80. The lowest BCUT2D eigenvalue weighted by Gasteiger charge is -2.05. The van der Waals surface area contributed by atoms with Crippen LogP contribution in [0.2, 0.25) is 0 Å². The van der Waals surface area contributed by atoms with Crippen LogP contribution in [0.1, 0.15) is 0 Å². The number of aromatic nitrogens is 1. The predicted octanol–water partition coefficient (Wildman–Crippen LogP) is 2.99. The Hall–Kier alpha value is -1.55. The number of nitrogens with two attached hydrogens (primary N) is 1. The number of nitrogens with zero attached hydrogens (tertiary/aromatic N) is 1. The molecule has 0 aliphatic rings. The summed E-state index contributed by atoms with van der Waals surface area (Å²) in [6.07, 6.45) is 1.68. The molecule has 0 spiro atoms. The number of para-hydroxylation sites is 1. The highest BCUT2D eigenvalue weighted by atomic mass is 79.9. The van der Waals surface area contributed by atoms with Crippen molar-refractivity contribution in [2.24, 2.45) is 0 Å². The highest BCUT2D eigenvalue weighted by molar-refractivity contribution is 8.93. The van der Waals surface area contributed by atoms with E-state index in [2.05, 4.69) is 10.3 Å². The van der Waals surface area contributed by atoms with E-state index in [0.29, 0.717) is 5.82 Å². The lowest BCUT2D eigenvalue weighted by Crippen LogP contribution is -1.93. The zero-order valence-electron chi connectivity index (χ0n) is 8.05. The van der Waals surface area contributed by atoms with Gasteiger partial charge in [0.05, 0.1) is 0 Å². The lowest BCUT2D eigenvalue weighted by atomic mass is 10.3. The summed E-state index contributed by atoms with van der Waals surface area (Å²) in [6.45, 7) is 0. The molecule has 0 amide bonds. The molecule has 0 saturated carbocycles. The number of pyridine rings is 1. The fourth-order valence-electron chi connectivity index (χ4n) is 1.21. The molecule has 2 rings (SSSR count). The molecule has 1 heterocycles. The largest absolute Gasteiger partial charge is 0.384 e. The van der Waals surface area contributed by atoms with Crippen LogP contribution in [0.3, 0.4) is 0 Å². The van der Waals surface area contributed by atoms with Gasteiger partial charge < -0.3 is 11.1 Å². The summed E-state index contributed by atoms with van der Waals surface area (Å²) in [4.78, 5) is 3.92. The van der Waals surface area contributed by atoms with Crippen LogP contribution in [0.15, 0.2) is 48.7 Å². The Morgan fingerprint density at radius 3 is 2.40 bits per heavy atom. The molecule has 3 nitrogen and oxygen atoms in total. The molecule has 0 bridgehead atoms. The highest BCUT2D eigenvalue weighted by Crippen LogP contribution is 2.16. The smallest absolute Gasteiger partial charge is 0.125 e. The molecule has 0 aliphatic heterocycles. The Morgan fingerprint density at radius 2 is 1.73 bits per heavy atom. The third-order valence-corrected chi connectivity index (χ3v) is 1.84. The van der Waals surface area contributed by atoms with E-state index in [1.807, 2.05) is 36.4 Å². The Balaban J connectivity index is 0.00000112. The highest BCUT2D eigenvalue weighted by Gasteiger charge is 1.93. The van der Waals surface area contributed by atoms with Gasteiger partial charge in [-0.25, -0.2) is 4.98 Å². The number of hydrogen-bond acceptors (Lipinski definition) is 3. The van der Waals surface area contributed by atoms with Crippen LogP contribution in [0.5, 0.6) is 0 Å². The maximum Gasteiger partial charge on any atom is 0.125 e. The van der Waals surface area contributed by atoms with Crippen LogP contribution in [-0.4, -0.2) is 4.98 Å². The SMILES string of the molecule is Br.Nc1cc(Nc2ccccc2)ccn1. The number of nitrogens with one attached hydrogen (secondary N) is 1. The minimum absolute atomic E-state index is 0. The van der Waals surface area contributed by atoms with E-state index in [-0.39, 0.29) is 17.0 Å². The van der Waals surface area contributed by atoms with Crippen molar-refractivity contribution >= 4 is 34.2 Å². The molecule has 3 N–H and O–H groups in total. The van der Waals surface area contributed by atoms with Crippen LogP contribution in [0.4, 0.5) is 17.2 Å². The van der Waals surface area contributed by atoms with Gasteiger partial charge in [0.1, 0.15) is 5.82 Å². The molecule has 2 aromatic rings. The molecular formula is C11H12BrN3. The summed E-state index contributed by atoms with van der Waals surface area (Å²) in [6, 6.07) is 13.6. The average molecular weight is 266 g/mol. The van der Waals surface area contributed by atoms with Crippen LogP contribution in [-0.2, 0) is 0 Å². The van der Waals surface area contributed by atoms with E-state index < -0.39 is 0 Å². The monoisotopic (exact) mass is 265 g/mol. The van der Waals surface area contributed by atoms with Gasteiger partial charge in [-0.3, -0.25) is 0 Å². The third-order valence-electron chi connectivity index (χ3n) is 1.84. The second-order valence-electron chi connectivity index (χ2n) is 2.96. The predicted molar refractivity (Wildman–Crippen MR) is 68.7 cm³/mol. The van der Waals surface area contributed by atoms with Crippen LogP contribution in [0, 0.1) is 0 Å². The quantitative estimate of drug-likeness (QED) is 0.878. The van der Waals surface area contributed by atoms with Gasteiger partial charge in [0.25, 0.3) is 0 Å². The van der Waals surface area contributed by atoms with Crippen LogP contribution < -0.4 is 11.1 Å². The molecule has 0 unspecified atom stereocenters.